The maximum absolute atomic E-state index is 12.6. The van der Waals surface area contributed by atoms with E-state index in [2.05, 4.69) is 25.2 Å². The summed E-state index contributed by atoms with van der Waals surface area (Å²) in [6.45, 7) is 0.428. The predicted molar refractivity (Wildman–Crippen MR) is 94.7 cm³/mol. The van der Waals surface area contributed by atoms with Crippen molar-refractivity contribution in [1.29, 1.82) is 0 Å². The third-order valence-electron chi connectivity index (χ3n) is 4.55. The van der Waals surface area contributed by atoms with Crippen molar-refractivity contribution in [2.45, 2.75) is 37.9 Å². The monoisotopic (exact) mass is 419 g/mol. The van der Waals surface area contributed by atoms with E-state index in [0.29, 0.717) is 12.1 Å². The molecule has 2 aromatic rings. The van der Waals surface area contributed by atoms with E-state index in [1.807, 2.05) is 0 Å². The lowest BCUT2D eigenvalue weighted by atomic mass is 9.86. The van der Waals surface area contributed by atoms with Gasteiger partial charge in [0, 0.05) is 24.3 Å². The molecule has 2 aromatic heterocycles. The van der Waals surface area contributed by atoms with Crippen LogP contribution >= 0.6 is 0 Å². The van der Waals surface area contributed by atoms with Gasteiger partial charge < -0.3 is 9.84 Å². The van der Waals surface area contributed by atoms with Crippen molar-refractivity contribution in [3.8, 4) is 11.4 Å². The summed E-state index contributed by atoms with van der Waals surface area (Å²) >= 11 is 0. The first-order chi connectivity index (χ1) is 13.1. The van der Waals surface area contributed by atoms with E-state index in [1.54, 1.807) is 0 Å². The molecule has 0 atom stereocenters. The van der Waals surface area contributed by atoms with Gasteiger partial charge in [-0.3, -0.25) is 4.98 Å². The SMILES string of the molecule is CS(=O)(=O)NCC1CCC(Nc2nc(-c3ccc(C(F)(F)F)nc3)no2)CC1. The Balaban J connectivity index is 1.53. The number of halogens is 3. The van der Waals surface area contributed by atoms with Gasteiger partial charge in [0.2, 0.25) is 15.8 Å². The molecular weight excluding hydrogens is 399 g/mol. The fourth-order valence-corrected chi connectivity index (χ4v) is 3.59. The molecule has 0 aliphatic heterocycles. The quantitative estimate of drug-likeness (QED) is 0.741. The minimum Gasteiger partial charge on any atom is -0.335 e. The summed E-state index contributed by atoms with van der Waals surface area (Å²) in [5.74, 6) is 0.430. The number of nitrogens with one attached hydrogen (secondary N) is 2. The molecule has 0 unspecified atom stereocenters. The van der Waals surface area contributed by atoms with Crippen molar-refractivity contribution in [2.24, 2.45) is 5.92 Å². The average molecular weight is 419 g/mol. The molecule has 0 saturated heterocycles. The van der Waals surface area contributed by atoms with E-state index in [1.165, 1.54) is 6.07 Å². The molecule has 1 aliphatic rings. The summed E-state index contributed by atoms with van der Waals surface area (Å²) in [6, 6.07) is 2.40. The molecule has 0 aromatic carbocycles. The molecule has 12 heteroatoms. The normalized spacial score (nSPS) is 20.9. The molecule has 8 nitrogen and oxygen atoms in total. The first kappa shape index (κ1) is 20.5. The Morgan fingerprint density at radius 2 is 1.93 bits per heavy atom. The number of nitrogens with zero attached hydrogens (tertiary/aromatic N) is 3. The van der Waals surface area contributed by atoms with Crippen LogP contribution in [0.1, 0.15) is 31.4 Å². The molecule has 0 radical (unpaired) electrons. The van der Waals surface area contributed by atoms with Crippen LogP contribution in [0.25, 0.3) is 11.4 Å². The number of alkyl halides is 3. The lowest BCUT2D eigenvalue weighted by Crippen LogP contribution is -2.33. The molecule has 0 bridgehead atoms. The number of sulfonamides is 1. The van der Waals surface area contributed by atoms with Crippen LogP contribution in [0, 0.1) is 5.92 Å². The Bertz CT molecular complexity index is 891. The van der Waals surface area contributed by atoms with Gasteiger partial charge in [0.1, 0.15) is 5.69 Å². The first-order valence-corrected chi connectivity index (χ1v) is 10.6. The van der Waals surface area contributed by atoms with Gasteiger partial charge in [-0.05, 0) is 43.7 Å². The van der Waals surface area contributed by atoms with E-state index in [4.69, 9.17) is 4.52 Å². The van der Waals surface area contributed by atoms with Crippen molar-refractivity contribution >= 4 is 16.0 Å². The smallest absolute Gasteiger partial charge is 0.335 e. The number of pyridine rings is 1. The second-order valence-electron chi connectivity index (χ2n) is 6.84. The van der Waals surface area contributed by atoms with Gasteiger partial charge in [-0.25, -0.2) is 13.1 Å². The van der Waals surface area contributed by atoms with Crippen molar-refractivity contribution < 1.29 is 26.1 Å². The highest BCUT2D eigenvalue weighted by molar-refractivity contribution is 7.88. The maximum atomic E-state index is 12.6. The lowest BCUT2D eigenvalue weighted by Gasteiger charge is -2.28. The van der Waals surface area contributed by atoms with Gasteiger partial charge in [0.15, 0.2) is 0 Å². The number of anilines is 1. The van der Waals surface area contributed by atoms with Crippen molar-refractivity contribution in [1.82, 2.24) is 19.8 Å². The zero-order valence-corrected chi connectivity index (χ0v) is 15.8. The van der Waals surface area contributed by atoms with Crippen LogP contribution in [0.2, 0.25) is 0 Å². The Morgan fingerprint density at radius 1 is 1.21 bits per heavy atom. The van der Waals surface area contributed by atoms with Gasteiger partial charge in [-0.15, -0.1) is 0 Å². The lowest BCUT2D eigenvalue weighted by molar-refractivity contribution is -0.141. The molecule has 154 valence electrons. The minimum atomic E-state index is -4.50. The van der Waals surface area contributed by atoms with E-state index >= 15 is 0 Å². The molecule has 1 fully saturated rings. The van der Waals surface area contributed by atoms with Crippen LogP contribution in [0.5, 0.6) is 0 Å². The molecule has 0 spiro atoms. The summed E-state index contributed by atoms with van der Waals surface area (Å²) < 4.78 is 67.7. The standard InChI is InChI=1S/C16H20F3N5O3S/c1-28(25,26)21-8-10-2-5-12(6-3-10)22-15-23-14(24-27-15)11-4-7-13(20-9-11)16(17,18)19/h4,7,9-10,12,21H,2-3,5-6,8H2,1H3,(H,22,23,24). The van der Waals surface area contributed by atoms with Crippen LogP contribution < -0.4 is 10.0 Å². The number of rotatable bonds is 6. The highest BCUT2D eigenvalue weighted by atomic mass is 32.2. The van der Waals surface area contributed by atoms with Crippen molar-refractivity contribution in [3.63, 3.8) is 0 Å². The van der Waals surface area contributed by atoms with Gasteiger partial charge in [0.25, 0.3) is 0 Å². The van der Waals surface area contributed by atoms with Crippen LogP contribution in [-0.2, 0) is 16.2 Å². The van der Waals surface area contributed by atoms with E-state index in [-0.39, 0.29) is 23.8 Å². The number of aromatic nitrogens is 3. The summed E-state index contributed by atoms with van der Waals surface area (Å²) in [4.78, 5) is 7.53. The Morgan fingerprint density at radius 3 is 2.50 bits per heavy atom. The van der Waals surface area contributed by atoms with E-state index < -0.39 is 21.9 Å². The highest BCUT2D eigenvalue weighted by Gasteiger charge is 2.32. The molecule has 1 saturated carbocycles. The second-order valence-corrected chi connectivity index (χ2v) is 8.67. The summed E-state index contributed by atoms with van der Waals surface area (Å²) in [5.41, 5.74) is -0.666. The molecule has 2 N–H and O–H groups in total. The van der Waals surface area contributed by atoms with Crippen LogP contribution in [-0.4, -0.2) is 42.4 Å². The fraction of sp³-hybridized carbons (Fsp3) is 0.562. The van der Waals surface area contributed by atoms with Gasteiger partial charge in [-0.2, -0.15) is 18.2 Å². The summed E-state index contributed by atoms with van der Waals surface area (Å²) in [6.07, 6.45) is 1.02. The first-order valence-electron chi connectivity index (χ1n) is 8.68. The number of hydrogen-bond acceptors (Lipinski definition) is 7. The average Bonchev–Trinajstić information content (AvgIpc) is 3.08. The van der Waals surface area contributed by atoms with Crippen molar-refractivity contribution in [3.05, 3.63) is 24.0 Å². The minimum absolute atomic E-state index is 0.105. The van der Waals surface area contributed by atoms with Gasteiger partial charge in [-0.1, -0.05) is 5.16 Å². The van der Waals surface area contributed by atoms with Gasteiger partial charge >= 0.3 is 12.2 Å². The molecule has 1 aliphatic carbocycles. The van der Waals surface area contributed by atoms with Crippen LogP contribution in [0.4, 0.5) is 19.2 Å². The van der Waals surface area contributed by atoms with E-state index in [9.17, 15) is 21.6 Å². The Hall–Kier alpha value is -2.21. The number of hydrogen-bond donors (Lipinski definition) is 2. The highest BCUT2D eigenvalue weighted by Crippen LogP contribution is 2.29. The molecular formula is C16H20F3N5O3S. The zero-order chi connectivity index (χ0) is 20.4. The van der Waals surface area contributed by atoms with Crippen LogP contribution in [0.3, 0.4) is 0 Å². The summed E-state index contributed by atoms with van der Waals surface area (Å²) in [7, 11) is -3.19. The third kappa shape index (κ3) is 5.64. The predicted octanol–water partition coefficient (Wildman–Crippen LogP) is 2.67. The topological polar surface area (TPSA) is 110 Å². The van der Waals surface area contributed by atoms with E-state index in [0.717, 1.165) is 44.2 Å². The third-order valence-corrected chi connectivity index (χ3v) is 5.24. The molecule has 0 amide bonds. The van der Waals surface area contributed by atoms with Crippen molar-refractivity contribution in [2.75, 3.05) is 18.1 Å². The Labute approximate surface area is 160 Å². The molecule has 3 rings (SSSR count). The molecule has 2 heterocycles. The largest absolute Gasteiger partial charge is 0.433 e. The Kier molecular flexibility index (Phi) is 5.89. The van der Waals surface area contributed by atoms with Crippen LogP contribution in [0.15, 0.2) is 22.9 Å². The maximum Gasteiger partial charge on any atom is 0.433 e. The fourth-order valence-electron chi connectivity index (χ4n) is 3.05. The summed E-state index contributed by atoms with van der Waals surface area (Å²) in [5, 5.41) is 6.89. The molecule has 28 heavy (non-hydrogen) atoms. The zero-order valence-electron chi connectivity index (χ0n) is 15.0. The van der Waals surface area contributed by atoms with Gasteiger partial charge in [0.05, 0.1) is 6.26 Å². The second kappa shape index (κ2) is 8.03.